The molecule has 0 aromatic heterocycles. The fourth-order valence-corrected chi connectivity index (χ4v) is 1.68. The molecule has 1 atom stereocenters. The Hall–Kier alpha value is -1.56. The van der Waals surface area contributed by atoms with Crippen LogP contribution in [0.25, 0.3) is 0 Å². The Morgan fingerprint density at radius 2 is 1.89 bits per heavy atom. The van der Waals surface area contributed by atoms with E-state index in [1.54, 1.807) is 14.0 Å². The molecule has 0 aliphatic rings. The van der Waals surface area contributed by atoms with Crippen molar-refractivity contribution in [1.29, 1.82) is 0 Å². The molecule has 19 heavy (non-hydrogen) atoms. The summed E-state index contributed by atoms with van der Waals surface area (Å²) >= 11 is 0. The van der Waals surface area contributed by atoms with E-state index in [-0.39, 0.29) is 25.0 Å². The lowest BCUT2D eigenvalue weighted by Crippen LogP contribution is -2.21. The second kappa shape index (κ2) is 6.56. The van der Waals surface area contributed by atoms with E-state index < -0.39 is 11.7 Å². The second-order valence-corrected chi connectivity index (χ2v) is 3.97. The molecule has 3 nitrogen and oxygen atoms in total. The van der Waals surface area contributed by atoms with Crippen molar-refractivity contribution in [2.75, 3.05) is 13.7 Å². The minimum absolute atomic E-state index is 0.0791. The number of halogens is 3. The maximum atomic E-state index is 12.4. The van der Waals surface area contributed by atoms with Crippen LogP contribution in [0.4, 0.5) is 13.2 Å². The summed E-state index contributed by atoms with van der Waals surface area (Å²) in [7, 11) is 1.64. The fourth-order valence-electron chi connectivity index (χ4n) is 1.68. The van der Waals surface area contributed by atoms with E-state index in [0.29, 0.717) is 5.56 Å². The van der Waals surface area contributed by atoms with E-state index in [1.165, 1.54) is 12.1 Å². The van der Waals surface area contributed by atoms with Gasteiger partial charge in [-0.05, 0) is 31.7 Å². The maximum absolute atomic E-state index is 12.4. The summed E-state index contributed by atoms with van der Waals surface area (Å²) in [5.41, 5.74) is -0.0919. The van der Waals surface area contributed by atoms with Crippen molar-refractivity contribution in [2.45, 2.75) is 25.6 Å². The number of hydrogen-bond donors (Lipinski definition) is 1. The molecule has 0 bridgehead atoms. The molecular formula is C13H16F3NO2. The third-order valence-electron chi connectivity index (χ3n) is 2.66. The number of benzene rings is 1. The lowest BCUT2D eigenvalue weighted by Gasteiger charge is -2.16. The molecule has 6 heteroatoms. The minimum atomic E-state index is -4.35. The molecule has 0 heterocycles. The first kappa shape index (κ1) is 15.5. The molecule has 0 amide bonds. The SMILES string of the molecule is CCOC(=O)CC(NC)c1ccc(C(F)(F)F)cc1. The minimum Gasteiger partial charge on any atom is -0.466 e. The van der Waals surface area contributed by atoms with Crippen LogP contribution in [-0.2, 0) is 15.7 Å². The number of carbonyl (C=O) groups is 1. The maximum Gasteiger partial charge on any atom is 0.416 e. The summed E-state index contributed by atoms with van der Waals surface area (Å²) in [5.74, 6) is -0.387. The topological polar surface area (TPSA) is 38.3 Å². The van der Waals surface area contributed by atoms with Gasteiger partial charge in [0.25, 0.3) is 0 Å². The first-order chi connectivity index (χ1) is 8.88. The van der Waals surface area contributed by atoms with Crippen LogP contribution in [0.5, 0.6) is 0 Å². The van der Waals surface area contributed by atoms with Crippen LogP contribution in [0.15, 0.2) is 24.3 Å². The van der Waals surface area contributed by atoms with Crippen molar-refractivity contribution < 1.29 is 22.7 Å². The molecular weight excluding hydrogens is 259 g/mol. The predicted molar refractivity (Wildman–Crippen MR) is 64.5 cm³/mol. The monoisotopic (exact) mass is 275 g/mol. The number of rotatable bonds is 5. The first-order valence-corrected chi connectivity index (χ1v) is 5.88. The van der Waals surface area contributed by atoms with E-state index in [4.69, 9.17) is 4.74 Å². The number of esters is 1. The fraction of sp³-hybridized carbons (Fsp3) is 0.462. The molecule has 1 aromatic carbocycles. The third-order valence-corrected chi connectivity index (χ3v) is 2.66. The Morgan fingerprint density at radius 1 is 1.32 bits per heavy atom. The molecule has 106 valence electrons. The van der Waals surface area contributed by atoms with Crippen molar-refractivity contribution in [1.82, 2.24) is 5.32 Å². The summed E-state index contributed by atoms with van der Waals surface area (Å²) < 4.78 is 42.1. The van der Waals surface area contributed by atoms with E-state index in [0.717, 1.165) is 12.1 Å². The van der Waals surface area contributed by atoms with Crippen LogP contribution in [0, 0.1) is 0 Å². The van der Waals surface area contributed by atoms with E-state index >= 15 is 0 Å². The zero-order chi connectivity index (χ0) is 14.5. The highest BCUT2D eigenvalue weighted by Gasteiger charge is 2.30. The molecule has 0 spiro atoms. The Bertz CT molecular complexity index is 415. The lowest BCUT2D eigenvalue weighted by molar-refractivity contribution is -0.143. The van der Waals surface area contributed by atoms with Crippen molar-refractivity contribution in [3.63, 3.8) is 0 Å². The molecule has 0 saturated carbocycles. The zero-order valence-electron chi connectivity index (χ0n) is 10.8. The molecule has 1 rings (SSSR count). The summed E-state index contributed by atoms with van der Waals surface area (Å²) in [6.07, 6.45) is -4.27. The average Bonchev–Trinajstić information content (AvgIpc) is 2.35. The second-order valence-electron chi connectivity index (χ2n) is 3.97. The van der Waals surface area contributed by atoms with Crippen LogP contribution >= 0.6 is 0 Å². The van der Waals surface area contributed by atoms with Crippen LogP contribution < -0.4 is 5.32 Å². The van der Waals surface area contributed by atoms with Crippen LogP contribution in [0.1, 0.15) is 30.5 Å². The van der Waals surface area contributed by atoms with Gasteiger partial charge in [0.05, 0.1) is 18.6 Å². The Labute approximate surface area is 109 Å². The number of hydrogen-bond acceptors (Lipinski definition) is 3. The summed E-state index contributed by atoms with van der Waals surface area (Å²) in [6.45, 7) is 1.98. The van der Waals surface area contributed by atoms with Gasteiger partial charge in [-0.2, -0.15) is 13.2 Å². The standard InChI is InChI=1S/C13H16F3NO2/c1-3-19-12(18)8-11(17-2)9-4-6-10(7-5-9)13(14,15)16/h4-7,11,17H,3,8H2,1-2H3. The Balaban J connectivity index is 2.79. The largest absolute Gasteiger partial charge is 0.466 e. The van der Waals surface area contributed by atoms with E-state index in [9.17, 15) is 18.0 Å². The van der Waals surface area contributed by atoms with E-state index in [2.05, 4.69) is 5.32 Å². The summed E-state index contributed by atoms with van der Waals surface area (Å²) in [5, 5.41) is 2.88. The van der Waals surface area contributed by atoms with Gasteiger partial charge in [0.1, 0.15) is 0 Å². The highest BCUT2D eigenvalue weighted by atomic mass is 19.4. The van der Waals surface area contributed by atoms with Gasteiger partial charge in [0.15, 0.2) is 0 Å². The first-order valence-electron chi connectivity index (χ1n) is 5.88. The van der Waals surface area contributed by atoms with Gasteiger partial charge in [-0.3, -0.25) is 4.79 Å². The molecule has 0 aliphatic heterocycles. The van der Waals surface area contributed by atoms with Crippen molar-refractivity contribution in [3.8, 4) is 0 Å². The number of carbonyl (C=O) groups excluding carboxylic acids is 1. The van der Waals surface area contributed by atoms with Gasteiger partial charge in [-0.15, -0.1) is 0 Å². The van der Waals surface area contributed by atoms with Gasteiger partial charge < -0.3 is 10.1 Å². The molecule has 0 radical (unpaired) electrons. The van der Waals surface area contributed by atoms with Crippen molar-refractivity contribution in [3.05, 3.63) is 35.4 Å². The smallest absolute Gasteiger partial charge is 0.416 e. The zero-order valence-corrected chi connectivity index (χ0v) is 10.8. The lowest BCUT2D eigenvalue weighted by atomic mass is 10.0. The molecule has 1 unspecified atom stereocenters. The summed E-state index contributed by atoms with van der Waals surface area (Å²) in [6, 6.07) is 4.38. The van der Waals surface area contributed by atoms with Gasteiger partial charge in [0.2, 0.25) is 0 Å². The number of nitrogens with one attached hydrogen (secondary N) is 1. The highest BCUT2D eigenvalue weighted by molar-refractivity contribution is 5.70. The third kappa shape index (κ3) is 4.55. The molecule has 0 fully saturated rings. The highest BCUT2D eigenvalue weighted by Crippen LogP contribution is 2.30. The predicted octanol–water partition coefficient (Wildman–Crippen LogP) is 2.92. The average molecular weight is 275 g/mol. The molecule has 1 aromatic rings. The van der Waals surface area contributed by atoms with E-state index in [1.807, 2.05) is 0 Å². The van der Waals surface area contributed by atoms with Crippen molar-refractivity contribution >= 4 is 5.97 Å². The molecule has 0 saturated heterocycles. The van der Waals surface area contributed by atoms with Crippen LogP contribution in [0.2, 0.25) is 0 Å². The van der Waals surface area contributed by atoms with Gasteiger partial charge in [-0.1, -0.05) is 12.1 Å². The van der Waals surface area contributed by atoms with Crippen LogP contribution in [0.3, 0.4) is 0 Å². The van der Waals surface area contributed by atoms with Crippen LogP contribution in [-0.4, -0.2) is 19.6 Å². The van der Waals surface area contributed by atoms with Gasteiger partial charge in [-0.25, -0.2) is 0 Å². The Kier molecular flexibility index (Phi) is 5.35. The normalized spacial score (nSPS) is 13.1. The quantitative estimate of drug-likeness (QED) is 0.840. The number of ether oxygens (including phenoxy) is 1. The van der Waals surface area contributed by atoms with Gasteiger partial charge >= 0.3 is 12.1 Å². The Morgan fingerprint density at radius 3 is 2.32 bits per heavy atom. The molecule has 0 aliphatic carbocycles. The van der Waals surface area contributed by atoms with Crippen molar-refractivity contribution in [2.24, 2.45) is 0 Å². The van der Waals surface area contributed by atoms with Gasteiger partial charge in [0, 0.05) is 6.04 Å². The molecule has 1 N–H and O–H groups in total. The summed E-state index contributed by atoms with van der Waals surface area (Å²) in [4.78, 5) is 11.4. The number of alkyl halides is 3.